The Morgan fingerprint density at radius 1 is 1.00 bits per heavy atom. The molecule has 27 heavy (non-hydrogen) atoms. The highest BCUT2D eigenvalue weighted by atomic mass is 16.4. The van der Waals surface area contributed by atoms with Crippen LogP contribution in [0.1, 0.15) is 48.5 Å². The van der Waals surface area contributed by atoms with Crippen molar-refractivity contribution in [3.8, 4) is 22.8 Å². The number of phenols is 2. The molecular formula is C22H23NO4. The second kappa shape index (κ2) is 8.08. The molecular weight excluding hydrogens is 342 g/mol. The summed E-state index contributed by atoms with van der Waals surface area (Å²) in [4.78, 5) is 16.2. The average Bonchev–Trinajstić information content (AvgIpc) is 2.65. The molecule has 0 spiro atoms. The van der Waals surface area contributed by atoms with Crippen LogP contribution in [0.5, 0.6) is 11.5 Å². The first-order valence-electron chi connectivity index (χ1n) is 9.20. The predicted molar refractivity (Wildman–Crippen MR) is 105 cm³/mol. The quantitative estimate of drug-likeness (QED) is 0.505. The van der Waals surface area contributed by atoms with Gasteiger partial charge in [0.15, 0.2) is 0 Å². The van der Waals surface area contributed by atoms with Crippen molar-refractivity contribution < 1.29 is 20.1 Å². The van der Waals surface area contributed by atoms with Crippen molar-refractivity contribution in [1.82, 2.24) is 4.98 Å². The molecule has 5 heteroatoms. The van der Waals surface area contributed by atoms with Gasteiger partial charge in [0.25, 0.3) is 0 Å². The molecule has 0 atom stereocenters. The number of carboxylic acids is 1. The van der Waals surface area contributed by atoms with E-state index >= 15 is 0 Å². The number of fused-ring (bicyclic) bond motifs is 1. The van der Waals surface area contributed by atoms with Crippen LogP contribution in [0.2, 0.25) is 0 Å². The number of aryl methyl sites for hydroxylation is 1. The van der Waals surface area contributed by atoms with E-state index in [9.17, 15) is 20.1 Å². The fraction of sp³-hybridized carbons (Fsp3) is 0.273. The number of nitrogens with zero attached hydrogens (tertiary/aromatic N) is 1. The van der Waals surface area contributed by atoms with Crippen LogP contribution in [0.25, 0.3) is 22.2 Å². The molecule has 0 fully saturated rings. The molecule has 0 radical (unpaired) electrons. The third kappa shape index (κ3) is 3.87. The van der Waals surface area contributed by atoms with Gasteiger partial charge in [0, 0.05) is 10.9 Å². The summed E-state index contributed by atoms with van der Waals surface area (Å²) in [5, 5.41) is 30.6. The van der Waals surface area contributed by atoms with E-state index in [1.165, 1.54) is 12.1 Å². The fourth-order valence-electron chi connectivity index (χ4n) is 3.37. The fourth-order valence-corrected chi connectivity index (χ4v) is 3.37. The molecule has 5 nitrogen and oxygen atoms in total. The Kier molecular flexibility index (Phi) is 5.60. The van der Waals surface area contributed by atoms with Gasteiger partial charge in [0.2, 0.25) is 0 Å². The van der Waals surface area contributed by atoms with Crippen molar-refractivity contribution in [3.63, 3.8) is 0 Å². The number of carbonyl (C=O) groups is 1. The number of benzene rings is 2. The van der Waals surface area contributed by atoms with E-state index in [4.69, 9.17) is 0 Å². The van der Waals surface area contributed by atoms with Crippen LogP contribution in [0.4, 0.5) is 0 Å². The molecule has 0 aliphatic heterocycles. The molecule has 0 saturated heterocycles. The van der Waals surface area contributed by atoms with Gasteiger partial charge < -0.3 is 15.3 Å². The zero-order chi connectivity index (χ0) is 19.4. The van der Waals surface area contributed by atoms with Gasteiger partial charge in [-0.1, -0.05) is 50.5 Å². The summed E-state index contributed by atoms with van der Waals surface area (Å²) in [5.74, 6) is -1.13. The average molecular weight is 365 g/mol. The Labute approximate surface area is 157 Å². The van der Waals surface area contributed by atoms with Crippen LogP contribution < -0.4 is 0 Å². The normalized spacial score (nSPS) is 11.0. The Morgan fingerprint density at radius 3 is 2.48 bits per heavy atom. The maximum absolute atomic E-state index is 11.8. The zero-order valence-electron chi connectivity index (χ0n) is 15.3. The number of rotatable bonds is 7. The Balaban J connectivity index is 2.15. The maximum atomic E-state index is 11.8. The van der Waals surface area contributed by atoms with Crippen molar-refractivity contribution in [2.24, 2.45) is 0 Å². The van der Waals surface area contributed by atoms with Crippen LogP contribution in [-0.2, 0) is 6.42 Å². The highest BCUT2D eigenvalue weighted by Crippen LogP contribution is 2.36. The summed E-state index contributed by atoms with van der Waals surface area (Å²) in [6, 6.07) is 11.4. The van der Waals surface area contributed by atoms with Crippen molar-refractivity contribution in [3.05, 3.63) is 53.6 Å². The number of aromatic carboxylic acids is 1. The first-order valence-corrected chi connectivity index (χ1v) is 9.20. The van der Waals surface area contributed by atoms with Crippen LogP contribution in [0.3, 0.4) is 0 Å². The van der Waals surface area contributed by atoms with E-state index in [0.717, 1.165) is 37.7 Å². The Morgan fingerprint density at radius 2 is 1.74 bits per heavy atom. The maximum Gasteiger partial charge on any atom is 0.336 e. The van der Waals surface area contributed by atoms with Gasteiger partial charge in [-0.05, 0) is 36.6 Å². The zero-order valence-corrected chi connectivity index (χ0v) is 15.3. The van der Waals surface area contributed by atoms with E-state index in [1.807, 2.05) is 6.07 Å². The SMILES string of the molecule is CCCCCCc1cccc(O)c1-c1cc(C(=O)O)c2cccc(O)c2n1. The lowest BCUT2D eigenvalue weighted by Crippen LogP contribution is -2.02. The summed E-state index contributed by atoms with van der Waals surface area (Å²) >= 11 is 0. The lowest BCUT2D eigenvalue weighted by Gasteiger charge is -2.13. The number of carboxylic acid groups (broad SMARTS) is 1. The first kappa shape index (κ1) is 18.7. The topological polar surface area (TPSA) is 90.7 Å². The van der Waals surface area contributed by atoms with Crippen LogP contribution in [0, 0.1) is 0 Å². The highest BCUT2D eigenvalue weighted by Gasteiger charge is 2.18. The van der Waals surface area contributed by atoms with Gasteiger partial charge in [-0.15, -0.1) is 0 Å². The molecule has 0 bridgehead atoms. The molecule has 3 aromatic rings. The lowest BCUT2D eigenvalue weighted by molar-refractivity contribution is 0.0699. The molecule has 0 unspecified atom stereocenters. The standard InChI is InChI=1S/C22H23NO4/c1-2-3-4-5-8-14-9-6-11-18(24)20(14)17-13-16(22(26)27)15-10-7-12-19(25)21(15)23-17/h6-7,9-13,24-25H,2-5,8H2,1H3,(H,26,27). The summed E-state index contributed by atoms with van der Waals surface area (Å²) in [6.07, 6.45) is 5.14. The van der Waals surface area contributed by atoms with Crippen molar-refractivity contribution in [2.75, 3.05) is 0 Å². The Hall–Kier alpha value is -3.08. The van der Waals surface area contributed by atoms with E-state index in [0.29, 0.717) is 16.6 Å². The minimum absolute atomic E-state index is 0.0473. The minimum atomic E-state index is -1.10. The predicted octanol–water partition coefficient (Wildman–Crippen LogP) is 5.13. The summed E-state index contributed by atoms with van der Waals surface area (Å²) < 4.78 is 0. The monoisotopic (exact) mass is 365 g/mol. The molecule has 0 saturated carbocycles. The summed E-state index contributed by atoms with van der Waals surface area (Å²) in [6.45, 7) is 2.15. The second-order valence-corrected chi connectivity index (χ2v) is 6.66. The third-order valence-electron chi connectivity index (χ3n) is 4.73. The minimum Gasteiger partial charge on any atom is -0.507 e. The number of pyridine rings is 1. The lowest BCUT2D eigenvalue weighted by atomic mass is 9.96. The number of para-hydroxylation sites is 1. The van der Waals surface area contributed by atoms with Crippen LogP contribution >= 0.6 is 0 Å². The van der Waals surface area contributed by atoms with Gasteiger partial charge in [0.05, 0.1) is 11.3 Å². The number of aromatic nitrogens is 1. The summed E-state index contributed by atoms with van der Waals surface area (Å²) in [7, 11) is 0. The molecule has 1 aromatic heterocycles. The molecule has 2 aromatic carbocycles. The van der Waals surface area contributed by atoms with Crippen LogP contribution in [0.15, 0.2) is 42.5 Å². The van der Waals surface area contributed by atoms with Crippen molar-refractivity contribution in [2.45, 2.75) is 39.0 Å². The van der Waals surface area contributed by atoms with Crippen LogP contribution in [-0.4, -0.2) is 26.3 Å². The van der Waals surface area contributed by atoms with E-state index < -0.39 is 5.97 Å². The molecule has 1 heterocycles. The van der Waals surface area contributed by atoms with Crippen molar-refractivity contribution in [1.29, 1.82) is 0 Å². The second-order valence-electron chi connectivity index (χ2n) is 6.66. The molecule has 0 amide bonds. The van der Waals surface area contributed by atoms with Crippen molar-refractivity contribution >= 4 is 16.9 Å². The highest BCUT2D eigenvalue weighted by molar-refractivity contribution is 6.05. The van der Waals surface area contributed by atoms with Gasteiger partial charge in [-0.2, -0.15) is 0 Å². The molecule has 3 N–H and O–H groups in total. The van der Waals surface area contributed by atoms with E-state index in [1.54, 1.807) is 24.3 Å². The number of hydrogen-bond donors (Lipinski definition) is 3. The number of hydrogen-bond acceptors (Lipinski definition) is 4. The first-order chi connectivity index (χ1) is 13.0. The van der Waals surface area contributed by atoms with Gasteiger partial charge in [-0.25, -0.2) is 9.78 Å². The Bertz CT molecular complexity index is 981. The molecule has 0 aliphatic carbocycles. The third-order valence-corrected chi connectivity index (χ3v) is 4.73. The van der Waals surface area contributed by atoms with Gasteiger partial charge in [0.1, 0.15) is 17.0 Å². The van der Waals surface area contributed by atoms with Gasteiger partial charge in [-0.3, -0.25) is 0 Å². The molecule has 140 valence electrons. The summed E-state index contributed by atoms with van der Waals surface area (Å²) in [5.41, 5.74) is 2.06. The number of phenolic OH excluding ortho intramolecular Hbond substituents is 2. The number of aromatic hydroxyl groups is 2. The van der Waals surface area contributed by atoms with Gasteiger partial charge >= 0.3 is 5.97 Å². The van der Waals surface area contributed by atoms with E-state index in [2.05, 4.69) is 11.9 Å². The molecule has 3 rings (SSSR count). The van der Waals surface area contributed by atoms with E-state index in [-0.39, 0.29) is 22.6 Å². The largest absolute Gasteiger partial charge is 0.507 e. The molecule has 0 aliphatic rings. The number of unbranched alkanes of at least 4 members (excludes halogenated alkanes) is 3. The smallest absolute Gasteiger partial charge is 0.336 e.